The molecule has 47 heavy (non-hydrogen) atoms. The Morgan fingerprint density at radius 3 is 1.40 bits per heavy atom. The molecule has 0 amide bonds. The van der Waals surface area contributed by atoms with Crippen molar-refractivity contribution in [2.45, 2.75) is 113 Å². The van der Waals surface area contributed by atoms with Gasteiger partial charge in [-0.15, -0.1) is 0 Å². The number of hydrogen-bond acceptors (Lipinski definition) is 8. The van der Waals surface area contributed by atoms with Crippen molar-refractivity contribution in [3.8, 4) is 23.0 Å². The molecule has 2 saturated carbocycles. The number of ether oxygens (including phenoxy) is 4. The molecule has 2 aliphatic carbocycles. The average molecular weight is 649 g/mol. The Hall–Kier alpha value is -3.42. The van der Waals surface area contributed by atoms with E-state index in [0.29, 0.717) is 24.3 Å². The van der Waals surface area contributed by atoms with Crippen LogP contribution in [0.5, 0.6) is 23.0 Å². The summed E-state index contributed by atoms with van der Waals surface area (Å²) in [6.07, 6.45) is 5.50. The summed E-state index contributed by atoms with van der Waals surface area (Å²) in [5.74, 6) is 1.55. The van der Waals surface area contributed by atoms with Gasteiger partial charge in [0.15, 0.2) is 0 Å². The first-order chi connectivity index (χ1) is 22.3. The van der Waals surface area contributed by atoms with Gasteiger partial charge in [-0.05, 0) is 146 Å². The van der Waals surface area contributed by atoms with Crippen LogP contribution in [0.1, 0.15) is 90.5 Å². The first-order valence-electron chi connectivity index (χ1n) is 17.6. The highest BCUT2D eigenvalue weighted by Gasteiger charge is 2.55. The van der Waals surface area contributed by atoms with Gasteiger partial charge in [0.1, 0.15) is 23.0 Å². The molecule has 256 valence electrons. The molecule has 2 aromatic rings. The maximum absolute atomic E-state index is 13.5. The fourth-order valence-electron chi connectivity index (χ4n) is 9.03. The van der Waals surface area contributed by atoms with Crippen LogP contribution in [0.15, 0.2) is 0 Å². The lowest BCUT2D eigenvalue weighted by atomic mass is 9.79. The topological polar surface area (TPSA) is 112 Å². The zero-order valence-corrected chi connectivity index (χ0v) is 29.3. The van der Waals surface area contributed by atoms with E-state index >= 15 is 0 Å². The molecule has 0 saturated heterocycles. The summed E-state index contributed by atoms with van der Waals surface area (Å²) in [6.45, 7) is 16.3. The zero-order chi connectivity index (χ0) is 33.9. The van der Waals surface area contributed by atoms with Crippen molar-refractivity contribution in [3.05, 3.63) is 44.5 Å². The average Bonchev–Trinajstić information content (AvgIpc) is 3.68. The predicted molar refractivity (Wildman–Crippen MR) is 178 cm³/mol. The molecule has 6 rings (SSSR count). The summed E-state index contributed by atoms with van der Waals surface area (Å²) in [6, 6.07) is 0. The highest BCUT2D eigenvalue weighted by molar-refractivity contribution is 5.83. The van der Waals surface area contributed by atoms with Gasteiger partial charge in [0.2, 0.25) is 0 Å². The first-order valence-corrected chi connectivity index (χ1v) is 17.6. The quantitative estimate of drug-likeness (QED) is 0.293. The molecule has 2 bridgehead atoms. The van der Waals surface area contributed by atoms with Crippen LogP contribution < -0.4 is 9.47 Å². The Labute approximate surface area is 279 Å². The van der Waals surface area contributed by atoms with E-state index in [9.17, 15) is 19.8 Å². The van der Waals surface area contributed by atoms with Gasteiger partial charge in [0.05, 0.1) is 37.3 Å². The third-order valence-corrected chi connectivity index (χ3v) is 12.5. The Morgan fingerprint density at radius 2 is 1.02 bits per heavy atom. The molecule has 2 N–H and O–H groups in total. The molecule has 8 unspecified atom stereocenters. The third-order valence-electron chi connectivity index (χ3n) is 12.5. The number of rotatable bonds is 8. The lowest BCUT2D eigenvalue weighted by Crippen LogP contribution is -2.38. The number of carbonyl (C=O) groups is 2. The summed E-state index contributed by atoms with van der Waals surface area (Å²) in [5, 5.41) is 21.2. The van der Waals surface area contributed by atoms with Gasteiger partial charge in [-0.25, -0.2) is 0 Å². The van der Waals surface area contributed by atoms with Crippen LogP contribution in [0.25, 0.3) is 0 Å². The van der Waals surface area contributed by atoms with Crippen LogP contribution in [0.3, 0.4) is 0 Å². The van der Waals surface area contributed by atoms with Gasteiger partial charge in [-0.2, -0.15) is 0 Å². The molecule has 2 heterocycles. The second-order valence-electron chi connectivity index (χ2n) is 14.9. The summed E-state index contributed by atoms with van der Waals surface area (Å²) in [4.78, 5) is 27.0. The van der Waals surface area contributed by atoms with Gasteiger partial charge in [0, 0.05) is 23.0 Å². The molecule has 2 fully saturated rings. The summed E-state index contributed by atoms with van der Waals surface area (Å²) in [5.41, 5.74) is 7.43. The highest BCUT2D eigenvalue weighted by atomic mass is 16.5. The molecule has 2 aliphatic heterocycles. The largest absolute Gasteiger partial charge is 0.507 e. The number of phenolic OH excluding ortho intramolecular Hbond substituents is 2. The third kappa shape index (κ3) is 5.84. The van der Waals surface area contributed by atoms with Gasteiger partial charge in [0.25, 0.3) is 0 Å². The van der Waals surface area contributed by atoms with Gasteiger partial charge < -0.3 is 29.2 Å². The number of fused-ring (bicyclic) bond motifs is 4. The van der Waals surface area contributed by atoms with E-state index in [4.69, 9.17) is 18.9 Å². The van der Waals surface area contributed by atoms with E-state index in [0.717, 1.165) is 88.1 Å². The Morgan fingerprint density at radius 1 is 0.638 bits per heavy atom. The summed E-state index contributed by atoms with van der Waals surface area (Å²) < 4.78 is 24.4. The first kappa shape index (κ1) is 33.5. The molecule has 0 radical (unpaired) electrons. The minimum Gasteiger partial charge on any atom is -0.507 e. The number of aromatic hydroxyl groups is 2. The SMILES string of the molecule is Cc1c(C)c2c(c(C)c1O)CC(CCOC(=O)C1C3CCC(C3)C1C(=O)OCCC1Cc3c(C)c(O)c(C)c(C)c3OC1C)C(C)O2. The van der Waals surface area contributed by atoms with E-state index in [1.807, 2.05) is 41.5 Å². The minimum atomic E-state index is -0.451. The zero-order valence-electron chi connectivity index (χ0n) is 29.3. The van der Waals surface area contributed by atoms with Crippen molar-refractivity contribution in [1.82, 2.24) is 0 Å². The fourth-order valence-corrected chi connectivity index (χ4v) is 9.03. The maximum atomic E-state index is 13.5. The van der Waals surface area contributed by atoms with Crippen molar-refractivity contribution in [1.29, 1.82) is 0 Å². The lowest BCUT2D eigenvalue weighted by Gasteiger charge is -2.35. The normalized spacial score (nSPS) is 29.0. The standard InChI is InChI=1S/C39H52O8/c1-18-20(3)36-30(22(5)34(18)40)16-26(24(7)46-36)11-13-44-38(42)32-28-9-10-29(15-28)33(32)39(43)45-14-12-27-17-31-23(6)35(41)19(2)21(4)37(31)47-25(27)8/h24-29,32-33,40-41H,9-17H2,1-8H3. The van der Waals surface area contributed by atoms with E-state index in [2.05, 4.69) is 13.8 Å². The highest BCUT2D eigenvalue weighted by Crippen LogP contribution is 2.53. The van der Waals surface area contributed by atoms with E-state index in [-0.39, 0.29) is 61.0 Å². The monoisotopic (exact) mass is 648 g/mol. The van der Waals surface area contributed by atoms with Crippen LogP contribution in [0.2, 0.25) is 0 Å². The molecule has 4 aliphatic rings. The number of hydrogen-bond donors (Lipinski definition) is 2. The van der Waals surface area contributed by atoms with Gasteiger partial charge in [-0.3, -0.25) is 9.59 Å². The molecule has 8 heteroatoms. The number of esters is 2. The maximum Gasteiger partial charge on any atom is 0.310 e. The van der Waals surface area contributed by atoms with E-state index in [1.165, 1.54) is 0 Å². The van der Waals surface area contributed by atoms with Crippen molar-refractivity contribution in [2.24, 2.45) is 35.5 Å². The molecule has 8 nitrogen and oxygen atoms in total. The van der Waals surface area contributed by atoms with Crippen LogP contribution >= 0.6 is 0 Å². The number of carbonyl (C=O) groups excluding carboxylic acids is 2. The number of phenols is 2. The van der Waals surface area contributed by atoms with Crippen molar-refractivity contribution in [3.63, 3.8) is 0 Å². The Bertz CT molecular complexity index is 1460. The van der Waals surface area contributed by atoms with E-state index in [1.54, 1.807) is 0 Å². The van der Waals surface area contributed by atoms with Crippen molar-refractivity contribution >= 4 is 11.9 Å². The molecule has 8 atom stereocenters. The van der Waals surface area contributed by atoms with Crippen LogP contribution in [-0.2, 0) is 31.9 Å². The van der Waals surface area contributed by atoms with Gasteiger partial charge in [-0.1, -0.05) is 0 Å². The predicted octanol–water partition coefficient (Wildman–Crippen LogP) is 7.06. The van der Waals surface area contributed by atoms with Gasteiger partial charge >= 0.3 is 11.9 Å². The smallest absolute Gasteiger partial charge is 0.310 e. The van der Waals surface area contributed by atoms with Crippen LogP contribution in [0.4, 0.5) is 0 Å². The second kappa shape index (κ2) is 12.9. The molecular weight excluding hydrogens is 596 g/mol. The summed E-state index contributed by atoms with van der Waals surface area (Å²) in [7, 11) is 0. The molecule has 2 aromatic carbocycles. The van der Waals surface area contributed by atoms with Crippen molar-refractivity contribution in [2.75, 3.05) is 13.2 Å². The lowest BCUT2D eigenvalue weighted by molar-refractivity contribution is -0.164. The second-order valence-corrected chi connectivity index (χ2v) is 14.9. The fraction of sp³-hybridized carbons (Fsp3) is 0.641. The molecular formula is C39H52O8. The molecule has 0 aromatic heterocycles. The minimum absolute atomic E-state index is 0.0398. The van der Waals surface area contributed by atoms with Crippen molar-refractivity contribution < 1.29 is 38.7 Å². The Balaban J connectivity index is 1.03. The Kier molecular flexibility index (Phi) is 9.18. The van der Waals surface area contributed by atoms with Crippen LogP contribution in [-0.4, -0.2) is 47.6 Å². The van der Waals surface area contributed by atoms with Crippen LogP contribution in [0, 0.1) is 77.0 Å². The number of benzene rings is 2. The van der Waals surface area contributed by atoms with E-state index < -0.39 is 11.8 Å². The summed E-state index contributed by atoms with van der Waals surface area (Å²) >= 11 is 0. The molecule has 0 spiro atoms.